The Bertz CT molecular complexity index is 756. The number of phenolic OH excluding ortho intramolecular Hbond substituents is 1. The van der Waals surface area contributed by atoms with E-state index in [0.29, 0.717) is 35.7 Å². The maximum absolute atomic E-state index is 10.8. The number of carbonyl (C=O) groups is 2. The van der Waals surface area contributed by atoms with E-state index < -0.39 is 5.97 Å². The fraction of sp³-hybridized carbons (Fsp3) is 0.300. The molecule has 146 valence electrons. The van der Waals surface area contributed by atoms with Crippen molar-refractivity contribution >= 4 is 12.3 Å². The zero-order valence-electron chi connectivity index (χ0n) is 15.6. The summed E-state index contributed by atoms with van der Waals surface area (Å²) in [6, 6.07) is 9.06. The van der Waals surface area contributed by atoms with Crippen molar-refractivity contribution < 1.29 is 34.0 Å². The van der Waals surface area contributed by atoms with Gasteiger partial charge in [0.15, 0.2) is 6.29 Å². The van der Waals surface area contributed by atoms with Crippen molar-refractivity contribution in [3.63, 3.8) is 0 Å². The van der Waals surface area contributed by atoms with Crippen LogP contribution in [0.4, 0.5) is 0 Å². The Balaban J connectivity index is 0.000000289. The Morgan fingerprint density at radius 3 is 2.33 bits per heavy atom. The van der Waals surface area contributed by atoms with Crippen LogP contribution in [0.15, 0.2) is 36.4 Å². The van der Waals surface area contributed by atoms with E-state index in [0.717, 1.165) is 12.8 Å². The van der Waals surface area contributed by atoms with Gasteiger partial charge in [0.1, 0.15) is 28.6 Å². The zero-order valence-corrected chi connectivity index (χ0v) is 15.6. The number of aromatic carboxylic acids is 1. The number of hydrogen-bond donors (Lipinski definition) is 2. The summed E-state index contributed by atoms with van der Waals surface area (Å²) in [5.74, 6) is 0.432. The minimum absolute atomic E-state index is 0.0902. The lowest BCUT2D eigenvalue weighted by molar-refractivity contribution is 0.0693. The second kappa shape index (κ2) is 11.4. The quantitative estimate of drug-likeness (QED) is 0.534. The van der Waals surface area contributed by atoms with E-state index in [4.69, 9.17) is 24.4 Å². The molecule has 2 N–H and O–H groups in total. The maximum Gasteiger partial charge on any atom is 0.339 e. The van der Waals surface area contributed by atoms with Gasteiger partial charge in [-0.1, -0.05) is 13.3 Å². The van der Waals surface area contributed by atoms with Gasteiger partial charge in [0.05, 0.1) is 26.4 Å². The van der Waals surface area contributed by atoms with Crippen LogP contribution in [0.3, 0.4) is 0 Å². The predicted octanol–water partition coefficient (Wildman–Crippen LogP) is 3.79. The summed E-state index contributed by atoms with van der Waals surface area (Å²) in [5.41, 5.74) is 0.579. The first-order valence-corrected chi connectivity index (χ1v) is 8.33. The topological polar surface area (TPSA) is 102 Å². The average molecular weight is 376 g/mol. The van der Waals surface area contributed by atoms with Crippen molar-refractivity contribution in [3.05, 3.63) is 47.5 Å². The van der Waals surface area contributed by atoms with E-state index in [1.54, 1.807) is 12.1 Å². The van der Waals surface area contributed by atoms with E-state index in [9.17, 15) is 9.59 Å². The molecule has 0 bridgehead atoms. The molecule has 2 aromatic carbocycles. The average Bonchev–Trinajstić information content (AvgIpc) is 2.68. The highest BCUT2D eigenvalue weighted by atomic mass is 16.5. The van der Waals surface area contributed by atoms with Gasteiger partial charge < -0.3 is 24.4 Å². The number of carboxylic acids is 1. The van der Waals surface area contributed by atoms with Gasteiger partial charge in [0.25, 0.3) is 0 Å². The van der Waals surface area contributed by atoms with E-state index >= 15 is 0 Å². The number of methoxy groups -OCH3 is 2. The third kappa shape index (κ3) is 6.89. The van der Waals surface area contributed by atoms with Crippen LogP contribution in [0.25, 0.3) is 0 Å². The van der Waals surface area contributed by atoms with E-state index in [1.807, 2.05) is 0 Å². The summed E-state index contributed by atoms with van der Waals surface area (Å²) < 4.78 is 15.3. The molecule has 0 aromatic heterocycles. The Labute approximate surface area is 158 Å². The molecule has 0 atom stereocenters. The summed E-state index contributed by atoms with van der Waals surface area (Å²) in [5, 5.41) is 17.8. The minimum Gasteiger partial charge on any atom is -0.508 e. The number of ether oxygens (including phenoxy) is 3. The highest BCUT2D eigenvalue weighted by molar-refractivity contribution is 5.91. The fourth-order valence-electron chi connectivity index (χ4n) is 2.07. The smallest absolute Gasteiger partial charge is 0.339 e. The van der Waals surface area contributed by atoms with Crippen LogP contribution < -0.4 is 14.2 Å². The molecule has 0 radical (unpaired) electrons. The number of rotatable bonds is 8. The van der Waals surface area contributed by atoms with Crippen LogP contribution >= 0.6 is 0 Å². The third-order valence-corrected chi connectivity index (χ3v) is 3.51. The van der Waals surface area contributed by atoms with Crippen LogP contribution in [0.2, 0.25) is 0 Å². The Hall–Kier alpha value is -3.22. The summed E-state index contributed by atoms with van der Waals surface area (Å²) >= 11 is 0. The standard InChI is InChI=1S/C12H16O4.C8H8O3/c1-3-4-7-16-9-5-6-10(12(13)14)11(8-9)15-2;1-11-8-4-7(10)3-2-6(8)5-9/h5-6,8H,3-4,7H2,1-2H3,(H,13,14);2-5,10H,1H3. The van der Waals surface area contributed by atoms with Crippen molar-refractivity contribution in [1.29, 1.82) is 0 Å². The Kier molecular flexibility index (Phi) is 9.22. The molecule has 0 saturated carbocycles. The number of phenols is 1. The second-order valence-corrected chi connectivity index (χ2v) is 5.41. The molecular weight excluding hydrogens is 352 g/mol. The first kappa shape index (κ1) is 21.8. The number of hydrogen-bond acceptors (Lipinski definition) is 6. The second-order valence-electron chi connectivity index (χ2n) is 5.41. The molecule has 0 unspecified atom stereocenters. The summed E-state index contributed by atoms with van der Waals surface area (Å²) in [6.45, 7) is 2.71. The Morgan fingerprint density at radius 2 is 1.78 bits per heavy atom. The molecule has 7 heteroatoms. The van der Waals surface area contributed by atoms with Gasteiger partial charge >= 0.3 is 5.97 Å². The number of carboxylic acid groups (broad SMARTS) is 1. The fourth-order valence-corrected chi connectivity index (χ4v) is 2.07. The van der Waals surface area contributed by atoms with Gasteiger partial charge in [0, 0.05) is 12.1 Å². The molecule has 0 amide bonds. The van der Waals surface area contributed by atoms with Crippen molar-refractivity contribution in [3.8, 4) is 23.0 Å². The number of carbonyl (C=O) groups excluding carboxylic acids is 1. The third-order valence-electron chi connectivity index (χ3n) is 3.51. The van der Waals surface area contributed by atoms with Crippen molar-refractivity contribution in [1.82, 2.24) is 0 Å². The first-order chi connectivity index (χ1) is 13.0. The van der Waals surface area contributed by atoms with Gasteiger partial charge in [-0.15, -0.1) is 0 Å². The van der Waals surface area contributed by atoms with Crippen molar-refractivity contribution in [2.45, 2.75) is 19.8 Å². The molecule has 0 aliphatic heterocycles. The van der Waals surface area contributed by atoms with Crippen LogP contribution in [-0.2, 0) is 0 Å². The van der Waals surface area contributed by atoms with E-state index in [2.05, 4.69) is 6.92 Å². The molecule has 0 aliphatic rings. The van der Waals surface area contributed by atoms with Gasteiger partial charge in [-0.2, -0.15) is 0 Å². The monoisotopic (exact) mass is 376 g/mol. The number of benzene rings is 2. The van der Waals surface area contributed by atoms with E-state index in [1.165, 1.54) is 38.5 Å². The van der Waals surface area contributed by atoms with Gasteiger partial charge in [0.2, 0.25) is 0 Å². The molecule has 2 aromatic rings. The SMILES string of the molecule is CCCCOc1ccc(C(=O)O)c(OC)c1.COc1cc(O)ccc1C=O. The van der Waals surface area contributed by atoms with E-state index in [-0.39, 0.29) is 11.3 Å². The lowest BCUT2D eigenvalue weighted by atomic mass is 10.2. The lowest BCUT2D eigenvalue weighted by Gasteiger charge is -2.09. The summed E-state index contributed by atoms with van der Waals surface area (Å²) in [4.78, 5) is 21.2. The Morgan fingerprint density at radius 1 is 1.07 bits per heavy atom. The number of aromatic hydroxyl groups is 1. The zero-order chi connectivity index (χ0) is 20.2. The summed E-state index contributed by atoms with van der Waals surface area (Å²) in [6.07, 6.45) is 2.71. The molecule has 7 nitrogen and oxygen atoms in total. The highest BCUT2D eigenvalue weighted by Gasteiger charge is 2.11. The van der Waals surface area contributed by atoms with Crippen LogP contribution in [0.5, 0.6) is 23.0 Å². The van der Waals surface area contributed by atoms with Gasteiger partial charge in [-0.05, 0) is 30.7 Å². The molecule has 0 saturated heterocycles. The molecule has 27 heavy (non-hydrogen) atoms. The van der Waals surface area contributed by atoms with Crippen molar-refractivity contribution in [2.24, 2.45) is 0 Å². The maximum atomic E-state index is 10.8. The molecule has 0 spiro atoms. The molecule has 0 heterocycles. The van der Waals surface area contributed by atoms with Gasteiger partial charge in [-0.3, -0.25) is 4.79 Å². The molecule has 0 aliphatic carbocycles. The van der Waals surface area contributed by atoms with Crippen LogP contribution in [-0.4, -0.2) is 43.3 Å². The number of unbranched alkanes of at least 4 members (excludes halogenated alkanes) is 1. The molecule has 2 rings (SSSR count). The molecule has 0 fully saturated rings. The summed E-state index contributed by atoms with van der Waals surface area (Å²) in [7, 11) is 2.89. The largest absolute Gasteiger partial charge is 0.508 e. The predicted molar refractivity (Wildman–Crippen MR) is 100 cm³/mol. The van der Waals surface area contributed by atoms with Crippen molar-refractivity contribution in [2.75, 3.05) is 20.8 Å². The molecular formula is C20H24O7. The number of aldehydes is 1. The first-order valence-electron chi connectivity index (χ1n) is 8.33. The lowest BCUT2D eigenvalue weighted by Crippen LogP contribution is -2.02. The minimum atomic E-state index is -1.00. The normalized spacial score (nSPS) is 9.59. The highest BCUT2D eigenvalue weighted by Crippen LogP contribution is 2.25. The van der Waals surface area contributed by atoms with Crippen LogP contribution in [0.1, 0.15) is 40.5 Å². The van der Waals surface area contributed by atoms with Crippen LogP contribution in [0, 0.1) is 0 Å². The van der Waals surface area contributed by atoms with Gasteiger partial charge in [-0.25, -0.2) is 4.79 Å².